The minimum absolute atomic E-state index is 0. The molecule has 0 bridgehead atoms. The van der Waals surface area contributed by atoms with E-state index in [-0.39, 0.29) is 24.8 Å². The molecule has 6 heteroatoms. The minimum Gasteiger partial charge on any atom is -0.493 e. The molecule has 0 spiro atoms. The predicted molar refractivity (Wildman–Crippen MR) is 116 cm³/mol. The summed E-state index contributed by atoms with van der Waals surface area (Å²) in [5, 5.41) is 0. The molecule has 27 heavy (non-hydrogen) atoms. The Morgan fingerprint density at radius 2 is 1.74 bits per heavy atom. The standard InChI is InChI=1S/C21H27N3O.2ClH/c1-14-7-5-6-8-17(14)20-18-13-24(12-16(18)11-23(20)3)21-19(25-4)10-9-15(2)22-21;;/h5-10,16,18,20H,11-13H2,1-4H3;2*1H/t16-,18+,20+;;/m0../s1. The number of rotatable bonds is 3. The van der Waals surface area contributed by atoms with Crippen molar-refractivity contribution in [3.8, 4) is 5.75 Å². The van der Waals surface area contributed by atoms with E-state index in [0.29, 0.717) is 17.9 Å². The molecule has 4 rings (SSSR count). The van der Waals surface area contributed by atoms with Gasteiger partial charge in [-0.05, 0) is 50.1 Å². The lowest BCUT2D eigenvalue weighted by Crippen LogP contribution is -2.30. The molecule has 0 radical (unpaired) electrons. The van der Waals surface area contributed by atoms with Crippen LogP contribution in [0.3, 0.4) is 0 Å². The quantitative estimate of drug-likeness (QED) is 0.755. The molecule has 2 aromatic rings. The summed E-state index contributed by atoms with van der Waals surface area (Å²) in [6.45, 7) is 7.53. The van der Waals surface area contributed by atoms with Crippen LogP contribution in [0.5, 0.6) is 5.75 Å². The van der Waals surface area contributed by atoms with Crippen molar-refractivity contribution in [2.75, 3.05) is 38.7 Å². The molecular formula is C21H29Cl2N3O. The van der Waals surface area contributed by atoms with E-state index in [0.717, 1.165) is 36.9 Å². The molecule has 4 nitrogen and oxygen atoms in total. The van der Waals surface area contributed by atoms with E-state index in [1.165, 1.54) is 11.1 Å². The summed E-state index contributed by atoms with van der Waals surface area (Å²) in [5.41, 5.74) is 3.91. The number of aryl methyl sites for hydroxylation is 2. The number of ether oxygens (including phenoxy) is 1. The molecule has 0 aliphatic carbocycles. The van der Waals surface area contributed by atoms with Gasteiger partial charge in [0.25, 0.3) is 0 Å². The third-order valence-corrected chi connectivity index (χ3v) is 5.90. The van der Waals surface area contributed by atoms with E-state index in [1.54, 1.807) is 7.11 Å². The number of methoxy groups -OCH3 is 1. The molecular weight excluding hydrogens is 381 g/mol. The van der Waals surface area contributed by atoms with E-state index in [1.807, 2.05) is 19.1 Å². The van der Waals surface area contributed by atoms with Crippen LogP contribution in [0, 0.1) is 25.7 Å². The van der Waals surface area contributed by atoms with Gasteiger partial charge in [0.2, 0.25) is 0 Å². The van der Waals surface area contributed by atoms with Crippen molar-refractivity contribution in [1.29, 1.82) is 0 Å². The lowest BCUT2D eigenvalue weighted by Gasteiger charge is -2.28. The number of likely N-dealkylation sites (tertiary alicyclic amines) is 1. The van der Waals surface area contributed by atoms with Crippen molar-refractivity contribution in [2.24, 2.45) is 11.8 Å². The molecule has 3 atom stereocenters. The zero-order chi connectivity index (χ0) is 17.6. The zero-order valence-electron chi connectivity index (χ0n) is 16.4. The zero-order valence-corrected chi connectivity index (χ0v) is 18.0. The second-order valence-electron chi connectivity index (χ2n) is 7.55. The van der Waals surface area contributed by atoms with Crippen molar-refractivity contribution in [2.45, 2.75) is 19.9 Å². The Balaban J connectivity index is 0.00000131. The summed E-state index contributed by atoms with van der Waals surface area (Å²) in [6, 6.07) is 13.4. The normalized spacial score (nSPS) is 24.1. The number of nitrogens with zero attached hydrogens (tertiary/aromatic N) is 3. The molecule has 1 aromatic carbocycles. The SMILES string of the molecule is COc1ccc(C)nc1N1C[C@@H]2CN(C)[C@H](c3ccccc3C)[C@@H]2C1.Cl.Cl. The van der Waals surface area contributed by atoms with Crippen LogP contribution in [0.25, 0.3) is 0 Å². The Kier molecular flexibility index (Phi) is 7.01. The molecule has 2 saturated heterocycles. The Labute approximate surface area is 174 Å². The number of hydrogen-bond donors (Lipinski definition) is 0. The summed E-state index contributed by atoms with van der Waals surface area (Å²) >= 11 is 0. The second kappa shape index (κ2) is 8.68. The topological polar surface area (TPSA) is 28.6 Å². The van der Waals surface area contributed by atoms with Crippen LogP contribution in [-0.2, 0) is 0 Å². The molecule has 0 unspecified atom stereocenters. The third-order valence-electron chi connectivity index (χ3n) is 5.90. The van der Waals surface area contributed by atoms with Gasteiger partial charge < -0.3 is 9.64 Å². The smallest absolute Gasteiger partial charge is 0.171 e. The molecule has 0 saturated carbocycles. The van der Waals surface area contributed by atoms with Crippen molar-refractivity contribution < 1.29 is 4.74 Å². The molecule has 148 valence electrons. The average Bonchev–Trinajstić information content (AvgIpc) is 3.12. The second-order valence-corrected chi connectivity index (χ2v) is 7.55. The lowest BCUT2D eigenvalue weighted by atomic mass is 9.88. The van der Waals surface area contributed by atoms with E-state index in [9.17, 15) is 0 Å². The van der Waals surface area contributed by atoms with Gasteiger partial charge in [0.1, 0.15) is 0 Å². The van der Waals surface area contributed by atoms with Crippen LogP contribution in [0.15, 0.2) is 36.4 Å². The van der Waals surface area contributed by atoms with Gasteiger partial charge >= 0.3 is 0 Å². The molecule has 3 heterocycles. The van der Waals surface area contributed by atoms with Gasteiger partial charge in [-0.3, -0.25) is 4.90 Å². The van der Waals surface area contributed by atoms with E-state index in [2.05, 4.69) is 48.0 Å². The van der Waals surface area contributed by atoms with Crippen molar-refractivity contribution >= 4 is 30.6 Å². The molecule has 2 fully saturated rings. The van der Waals surface area contributed by atoms with Gasteiger partial charge in [0.15, 0.2) is 11.6 Å². The van der Waals surface area contributed by atoms with Gasteiger partial charge in [-0.15, -0.1) is 24.8 Å². The number of halogens is 2. The van der Waals surface area contributed by atoms with Crippen LogP contribution >= 0.6 is 24.8 Å². The van der Waals surface area contributed by atoms with Gasteiger partial charge in [0.05, 0.1) is 7.11 Å². The fourth-order valence-corrected chi connectivity index (χ4v) is 4.73. The molecule has 2 aliphatic rings. The first-order chi connectivity index (χ1) is 12.1. The number of aromatic nitrogens is 1. The summed E-state index contributed by atoms with van der Waals surface area (Å²) in [5.74, 6) is 3.20. The first-order valence-electron chi connectivity index (χ1n) is 9.11. The van der Waals surface area contributed by atoms with Crippen LogP contribution < -0.4 is 9.64 Å². The Bertz CT molecular complexity index is 786. The van der Waals surface area contributed by atoms with Crippen molar-refractivity contribution in [1.82, 2.24) is 9.88 Å². The molecule has 0 amide bonds. The van der Waals surface area contributed by atoms with Crippen LogP contribution in [-0.4, -0.2) is 43.7 Å². The average molecular weight is 410 g/mol. The fraction of sp³-hybridized carbons (Fsp3) is 0.476. The minimum atomic E-state index is 0. The van der Waals surface area contributed by atoms with Gasteiger partial charge in [0, 0.05) is 37.3 Å². The Morgan fingerprint density at radius 3 is 2.44 bits per heavy atom. The fourth-order valence-electron chi connectivity index (χ4n) is 4.73. The van der Waals surface area contributed by atoms with E-state index in [4.69, 9.17) is 9.72 Å². The van der Waals surface area contributed by atoms with Crippen LogP contribution in [0.1, 0.15) is 22.9 Å². The highest BCUT2D eigenvalue weighted by atomic mass is 35.5. The summed E-state index contributed by atoms with van der Waals surface area (Å²) in [7, 11) is 4.00. The summed E-state index contributed by atoms with van der Waals surface area (Å²) < 4.78 is 5.57. The molecule has 0 N–H and O–H groups in total. The number of hydrogen-bond acceptors (Lipinski definition) is 4. The van der Waals surface area contributed by atoms with Crippen LogP contribution in [0.4, 0.5) is 5.82 Å². The first kappa shape index (κ1) is 21.8. The Morgan fingerprint density at radius 1 is 1.00 bits per heavy atom. The van der Waals surface area contributed by atoms with Gasteiger partial charge in [-0.2, -0.15) is 0 Å². The molecule has 2 aliphatic heterocycles. The van der Waals surface area contributed by atoms with Gasteiger partial charge in [-0.25, -0.2) is 4.98 Å². The largest absolute Gasteiger partial charge is 0.493 e. The van der Waals surface area contributed by atoms with E-state index < -0.39 is 0 Å². The Hall–Kier alpha value is -1.49. The monoisotopic (exact) mass is 409 g/mol. The number of pyridine rings is 1. The third kappa shape index (κ3) is 3.89. The van der Waals surface area contributed by atoms with Crippen LogP contribution in [0.2, 0.25) is 0 Å². The number of anilines is 1. The lowest BCUT2D eigenvalue weighted by molar-refractivity contribution is 0.278. The maximum Gasteiger partial charge on any atom is 0.171 e. The summed E-state index contributed by atoms with van der Waals surface area (Å²) in [4.78, 5) is 9.74. The van der Waals surface area contributed by atoms with Crippen molar-refractivity contribution in [3.05, 3.63) is 53.2 Å². The molecule has 1 aromatic heterocycles. The highest BCUT2D eigenvalue weighted by Gasteiger charge is 2.47. The number of benzene rings is 1. The maximum atomic E-state index is 5.57. The van der Waals surface area contributed by atoms with Crippen molar-refractivity contribution in [3.63, 3.8) is 0 Å². The maximum absolute atomic E-state index is 5.57. The summed E-state index contributed by atoms with van der Waals surface area (Å²) in [6.07, 6.45) is 0. The predicted octanol–water partition coefficient (Wildman–Crippen LogP) is 4.29. The number of fused-ring (bicyclic) bond motifs is 1. The van der Waals surface area contributed by atoms with E-state index >= 15 is 0 Å². The first-order valence-corrected chi connectivity index (χ1v) is 9.11. The highest BCUT2D eigenvalue weighted by Crippen LogP contribution is 2.46. The highest BCUT2D eigenvalue weighted by molar-refractivity contribution is 5.85. The van der Waals surface area contributed by atoms with Gasteiger partial charge in [-0.1, -0.05) is 24.3 Å².